The Morgan fingerprint density at radius 3 is 2.60 bits per heavy atom. The van der Waals surface area contributed by atoms with Crippen molar-refractivity contribution < 1.29 is 9.84 Å². The fraction of sp³-hybridized carbons (Fsp3) is 0.500. The molecular weight excluding hydrogens is 256 g/mol. The van der Waals surface area contributed by atoms with Crippen molar-refractivity contribution in [1.29, 1.82) is 0 Å². The fourth-order valence-electron chi connectivity index (χ4n) is 1.83. The maximum absolute atomic E-state index is 10.0. The minimum atomic E-state index is -0.667. The van der Waals surface area contributed by atoms with Crippen LogP contribution in [0, 0.1) is 0 Å². The van der Waals surface area contributed by atoms with Crippen LogP contribution in [0.25, 0.3) is 0 Å². The Balaban J connectivity index is 1.92. The molecule has 0 spiro atoms. The van der Waals surface area contributed by atoms with Gasteiger partial charge >= 0.3 is 0 Å². The van der Waals surface area contributed by atoms with Crippen molar-refractivity contribution in [3.63, 3.8) is 0 Å². The molecule has 6 heteroatoms. The van der Waals surface area contributed by atoms with E-state index in [-0.39, 0.29) is 12.0 Å². The molecule has 0 aliphatic heterocycles. The van der Waals surface area contributed by atoms with E-state index in [2.05, 4.69) is 15.5 Å². The van der Waals surface area contributed by atoms with Crippen LogP contribution in [0.2, 0.25) is 0 Å². The minimum absolute atomic E-state index is 0.163. The van der Waals surface area contributed by atoms with Gasteiger partial charge in [0.15, 0.2) is 5.82 Å². The third-order valence-electron chi connectivity index (χ3n) is 2.77. The zero-order valence-electron chi connectivity index (χ0n) is 12.0. The van der Waals surface area contributed by atoms with E-state index in [0.29, 0.717) is 6.54 Å². The normalized spacial score (nSPS) is 13.2. The lowest BCUT2D eigenvalue weighted by Gasteiger charge is -2.19. The molecule has 108 valence electrons. The number of aliphatic hydroxyl groups excluding tert-OH is 1. The third kappa shape index (κ3) is 3.77. The van der Waals surface area contributed by atoms with Gasteiger partial charge in [-0.05, 0) is 22.6 Å². The van der Waals surface area contributed by atoms with Crippen LogP contribution in [0.15, 0.2) is 30.3 Å². The standard InChI is InChI=1S/C14H20N4O2/c1-14(2,3)13-15-16-17-18(13)9-11(19)10-20-12-7-5-4-6-8-12/h4-8,11,19H,9-10H2,1-3H3. The highest BCUT2D eigenvalue weighted by Crippen LogP contribution is 2.18. The monoisotopic (exact) mass is 276 g/mol. The molecule has 1 atom stereocenters. The van der Waals surface area contributed by atoms with Crippen LogP contribution in [0.3, 0.4) is 0 Å². The minimum Gasteiger partial charge on any atom is -0.491 e. The summed E-state index contributed by atoms with van der Waals surface area (Å²) in [5, 5.41) is 21.6. The SMILES string of the molecule is CC(C)(C)c1nnnn1CC(O)COc1ccccc1. The van der Waals surface area contributed by atoms with Gasteiger partial charge in [-0.2, -0.15) is 0 Å². The van der Waals surface area contributed by atoms with Crippen molar-refractivity contribution in [3.8, 4) is 5.75 Å². The molecule has 0 amide bonds. The van der Waals surface area contributed by atoms with Gasteiger partial charge in [0.05, 0.1) is 6.54 Å². The van der Waals surface area contributed by atoms with Crippen LogP contribution < -0.4 is 4.74 Å². The summed E-state index contributed by atoms with van der Waals surface area (Å²) in [5.41, 5.74) is -0.163. The van der Waals surface area contributed by atoms with E-state index < -0.39 is 6.10 Å². The quantitative estimate of drug-likeness (QED) is 0.894. The van der Waals surface area contributed by atoms with Crippen LogP contribution in [0.4, 0.5) is 0 Å². The number of rotatable bonds is 5. The fourth-order valence-corrected chi connectivity index (χ4v) is 1.83. The summed E-state index contributed by atoms with van der Waals surface area (Å²) in [7, 11) is 0. The molecule has 0 bridgehead atoms. The van der Waals surface area contributed by atoms with Gasteiger partial charge in [-0.25, -0.2) is 4.68 Å². The van der Waals surface area contributed by atoms with Gasteiger partial charge in [0.2, 0.25) is 0 Å². The number of hydrogen-bond acceptors (Lipinski definition) is 5. The molecule has 0 saturated carbocycles. The Bertz CT molecular complexity index is 534. The second-order valence-electron chi connectivity index (χ2n) is 5.71. The summed E-state index contributed by atoms with van der Waals surface area (Å²) >= 11 is 0. The average molecular weight is 276 g/mol. The first-order valence-corrected chi connectivity index (χ1v) is 6.59. The van der Waals surface area contributed by atoms with Gasteiger partial charge in [0, 0.05) is 5.41 Å². The predicted octanol–water partition coefficient (Wildman–Crippen LogP) is 1.41. The molecule has 1 unspecified atom stereocenters. The zero-order chi connectivity index (χ0) is 14.6. The Hall–Kier alpha value is -1.95. The summed E-state index contributed by atoms with van der Waals surface area (Å²) in [6.45, 7) is 6.60. The third-order valence-corrected chi connectivity index (χ3v) is 2.77. The molecule has 20 heavy (non-hydrogen) atoms. The highest BCUT2D eigenvalue weighted by atomic mass is 16.5. The molecular formula is C14H20N4O2. The Kier molecular flexibility index (Phi) is 4.34. The zero-order valence-corrected chi connectivity index (χ0v) is 12.0. The highest BCUT2D eigenvalue weighted by molar-refractivity contribution is 5.20. The number of ether oxygens (including phenoxy) is 1. The van der Waals surface area contributed by atoms with E-state index in [1.165, 1.54) is 0 Å². The molecule has 0 aliphatic rings. The number of benzene rings is 1. The Morgan fingerprint density at radius 2 is 1.95 bits per heavy atom. The lowest BCUT2D eigenvalue weighted by Crippen LogP contribution is -2.28. The van der Waals surface area contributed by atoms with E-state index in [9.17, 15) is 5.11 Å². The van der Waals surface area contributed by atoms with Gasteiger partial charge < -0.3 is 9.84 Å². The molecule has 2 rings (SSSR count). The van der Waals surface area contributed by atoms with E-state index in [1.807, 2.05) is 51.1 Å². The predicted molar refractivity (Wildman–Crippen MR) is 74.5 cm³/mol. The van der Waals surface area contributed by atoms with E-state index >= 15 is 0 Å². The van der Waals surface area contributed by atoms with Crippen LogP contribution in [-0.2, 0) is 12.0 Å². The second kappa shape index (κ2) is 6.00. The van der Waals surface area contributed by atoms with Crippen molar-refractivity contribution in [2.75, 3.05) is 6.61 Å². The first-order chi connectivity index (χ1) is 9.47. The first kappa shape index (κ1) is 14.5. The number of aliphatic hydroxyl groups is 1. The van der Waals surface area contributed by atoms with E-state index in [1.54, 1.807) is 4.68 Å². The average Bonchev–Trinajstić information content (AvgIpc) is 2.86. The Morgan fingerprint density at radius 1 is 1.25 bits per heavy atom. The smallest absolute Gasteiger partial charge is 0.156 e. The highest BCUT2D eigenvalue weighted by Gasteiger charge is 2.23. The summed E-state index contributed by atoms with van der Waals surface area (Å²) in [6.07, 6.45) is -0.667. The number of nitrogens with zero attached hydrogens (tertiary/aromatic N) is 4. The molecule has 1 aromatic carbocycles. The van der Waals surface area contributed by atoms with Crippen molar-refractivity contribution in [2.45, 2.75) is 38.8 Å². The van der Waals surface area contributed by atoms with Gasteiger partial charge in [-0.3, -0.25) is 0 Å². The lowest BCUT2D eigenvalue weighted by atomic mass is 9.96. The molecule has 2 aromatic rings. The number of tetrazole rings is 1. The summed E-state index contributed by atoms with van der Waals surface area (Å²) < 4.78 is 7.13. The molecule has 6 nitrogen and oxygen atoms in total. The molecule has 0 aliphatic carbocycles. The number of hydrogen-bond donors (Lipinski definition) is 1. The molecule has 1 heterocycles. The molecule has 1 N–H and O–H groups in total. The number of aromatic nitrogens is 4. The maximum atomic E-state index is 10.0. The van der Waals surface area contributed by atoms with Gasteiger partial charge in [0.25, 0.3) is 0 Å². The maximum Gasteiger partial charge on any atom is 0.156 e. The number of para-hydroxylation sites is 1. The van der Waals surface area contributed by atoms with Crippen LogP contribution in [0.1, 0.15) is 26.6 Å². The van der Waals surface area contributed by atoms with Gasteiger partial charge in [-0.15, -0.1) is 5.10 Å². The topological polar surface area (TPSA) is 73.1 Å². The van der Waals surface area contributed by atoms with Crippen molar-refractivity contribution >= 4 is 0 Å². The van der Waals surface area contributed by atoms with Crippen molar-refractivity contribution in [2.24, 2.45) is 0 Å². The first-order valence-electron chi connectivity index (χ1n) is 6.59. The van der Waals surface area contributed by atoms with Gasteiger partial charge in [0.1, 0.15) is 18.5 Å². The van der Waals surface area contributed by atoms with Crippen LogP contribution in [-0.4, -0.2) is 38.0 Å². The largest absolute Gasteiger partial charge is 0.491 e. The van der Waals surface area contributed by atoms with E-state index in [0.717, 1.165) is 11.6 Å². The van der Waals surface area contributed by atoms with Gasteiger partial charge in [-0.1, -0.05) is 39.0 Å². The second-order valence-corrected chi connectivity index (χ2v) is 5.71. The van der Waals surface area contributed by atoms with Crippen LogP contribution >= 0.6 is 0 Å². The molecule has 0 radical (unpaired) electrons. The molecule has 0 fully saturated rings. The molecule has 0 saturated heterocycles. The van der Waals surface area contributed by atoms with E-state index in [4.69, 9.17) is 4.74 Å². The van der Waals surface area contributed by atoms with Crippen LogP contribution in [0.5, 0.6) is 5.75 Å². The Labute approximate surface area is 118 Å². The summed E-state index contributed by atoms with van der Waals surface area (Å²) in [5.74, 6) is 1.48. The van der Waals surface area contributed by atoms with Crippen molar-refractivity contribution in [3.05, 3.63) is 36.2 Å². The summed E-state index contributed by atoms with van der Waals surface area (Å²) in [4.78, 5) is 0. The summed E-state index contributed by atoms with van der Waals surface area (Å²) in [6, 6.07) is 9.40. The van der Waals surface area contributed by atoms with Crippen molar-refractivity contribution in [1.82, 2.24) is 20.2 Å². The lowest BCUT2D eigenvalue weighted by molar-refractivity contribution is 0.0871. The molecule has 1 aromatic heterocycles.